The second-order valence-corrected chi connectivity index (χ2v) is 6.14. The van der Waals surface area contributed by atoms with Gasteiger partial charge in [0.2, 0.25) is 0 Å². The number of rotatable bonds is 5. The van der Waals surface area contributed by atoms with Gasteiger partial charge in [-0.2, -0.15) is 0 Å². The van der Waals surface area contributed by atoms with Crippen LogP contribution in [0.1, 0.15) is 20.3 Å². The lowest BCUT2D eigenvalue weighted by molar-refractivity contribution is 0.00707. The summed E-state index contributed by atoms with van der Waals surface area (Å²) in [6, 6.07) is 8.16. The Bertz CT molecular complexity index is 425. The molecule has 0 bridgehead atoms. The number of benzene rings is 1. The van der Waals surface area contributed by atoms with Crippen molar-refractivity contribution in [3.8, 4) is 0 Å². The fraction of sp³-hybridized carbons (Fsp3) is 0.625. The van der Waals surface area contributed by atoms with Crippen molar-refractivity contribution >= 4 is 11.4 Å². The van der Waals surface area contributed by atoms with Gasteiger partial charge in [0.05, 0.1) is 5.60 Å². The molecule has 0 atom stereocenters. The number of methoxy groups -OCH3 is 1. The summed E-state index contributed by atoms with van der Waals surface area (Å²) >= 11 is 0. The van der Waals surface area contributed by atoms with Gasteiger partial charge in [0.15, 0.2) is 0 Å². The normalized spacial score (nSPS) is 17.4. The molecule has 1 aliphatic rings. The Kier molecular flexibility index (Phi) is 4.89. The van der Waals surface area contributed by atoms with Gasteiger partial charge in [-0.25, -0.2) is 0 Å². The maximum atomic E-state index is 5.85. The van der Waals surface area contributed by atoms with Crippen molar-refractivity contribution < 1.29 is 4.74 Å². The number of anilines is 2. The molecule has 1 fully saturated rings. The molecule has 1 aromatic rings. The first-order valence-electron chi connectivity index (χ1n) is 7.38. The van der Waals surface area contributed by atoms with Crippen molar-refractivity contribution in [2.75, 3.05) is 50.5 Å². The van der Waals surface area contributed by atoms with Crippen molar-refractivity contribution in [3.63, 3.8) is 0 Å². The average Bonchev–Trinajstić information content (AvgIpc) is 2.46. The minimum absolute atomic E-state index is 0.0228. The van der Waals surface area contributed by atoms with Crippen LogP contribution < -0.4 is 10.6 Å². The Morgan fingerprint density at radius 2 is 1.90 bits per heavy atom. The monoisotopic (exact) mass is 277 g/mol. The van der Waals surface area contributed by atoms with Crippen molar-refractivity contribution in [3.05, 3.63) is 24.3 Å². The molecule has 1 saturated heterocycles. The molecule has 112 valence electrons. The zero-order valence-corrected chi connectivity index (χ0v) is 12.9. The first-order chi connectivity index (χ1) is 9.50. The SMILES string of the molecule is COC(C)(C)CCN1CCN(c2cccc(N)c2)CC1. The molecule has 0 aromatic heterocycles. The summed E-state index contributed by atoms with van der Waals surface area (Å²) in [6.07, 6.45) is 1.07. The van der Waals surface area contributed by atoms with Crippen LogP contribution >= 0.6 is 0 Å². The summed E-state index contributed by atoms with van der Waals surface area (Å²) in [6.45, 7) is 9.74. The third-order valence-electron chi connectivity index (χ3n) is 4.19. The molecule has 0 aliphatic carbocycles. The molecule has 0 spiro atoms. The molecule has 2 N–H and O–H groups in total. The molecule has 0 unspecified atom stereocenters. The number of nitrogens with two attached hydrogens (primary N) is 1. The van der Waals surface area contributed by atoms with E-state index >= 15 is 0 Å². The molecule has 4 nitrogen and oxygen atoms in total. The average molecular weight is 277 g/mol. The van der Waals surface area contributed by atoms with E-state index < -0.39 is 0 Å². The van der Waals surface area contributed by atoms with Gasteiger partial charge in [0, 0.05) is 51.2 Å². The standard InChI is InChI=1S/C16H27N3O/c1-16(2,20-3)7-8-18-9-11-19(12-10-18)15-6-4-5-14(17)13-15/h4-6,13H,7-12,17H2,1-3H3. The zero-order chi connectivity index (χ0) is 14.6. The smallest absolute Gasteiger partial charge is 0.0634 e. The van der Waals surface area contributed by atoms with Gasteiger partial charge in [-0.15, -0.1) is 0 Å². The first-order valence-corrected chi connectivity index (χ1v) is 7.38. The van der Waals surface area contributed by atoms with E-state index in [4.69, 9.17) is 10.5 Å². The Morgan fingerprint density at radius 1 is 1.20 bits per heavy atom. The highest BCUT2D eigenvalue weighted by Gasteiger charge is 2.21. The van der Waals surface area contributed by atoms with E-state index in [9.17, 15) is 0 Å². The van der Waals surface area contributed by atoms with Crippen LogP contribution in [0.3, 0.4) is 0 Å². The first kappa shape index (κ1) is 15.1. The summed E-state index contributed by atoms with van der Waals surface area (Å²) < 4.78 is 5.48. The maximum absolute atomic E-state index is 5.85. The second-order valence-electron chi connectivity index (χ2n) is 6.14. The number of ether oxygens (including phenoxy) is 1. The molecule has 4 heteroatoms. The van der Waals surface area contributed by atoms with Gasteiger partial charge in [-0.1, -0.05) is 6.07 Å². The lowest BCUT2D eigenvalue weighted by Gasteiger charge is -2.37. The van der Waals surface area contributed by atoms with Gasteiger partial charge < -0.3 is 15.4 Å². The van der Waals surface area contributed by atoms with Crippen molar-refractivity contribution in [2.45, 2.75) is 25.9 Å². The summed E-state index contributed by atoms with van der Waals surface area (Å²) in [4.78, 5) is 4.93. The van der Waals surface area contributed by atoms with Gasteiger partial charge in [0.25, 0.3) is 0 Å². The van der Waals surface area contributed by atoms with Gasteiger partial charge >= 0.3 is 0 Å². The van der Waals surface area contributed by atoms with Crippen molar-refractivity contribution in [1.29, 1.82) is 0 Å². The van der Waals surface area contributed by atoms with E-state index in [-0.39, 0.29) is 5.60 Å². The lowest BCUT2D eigenvalue weighted by atomic mass is 10.0. The van der Waals surface area contributed by atoms with Crippen LogP contribution in [0.2, 0.25) is 0 Å². The highest BCUT2D eigenvalue weighted by molar-refractivity contribution is 5.56. The number of hydrogen-bond donors (Lipinski definition) is 1. The van der Waals surface area contributed by atoms with E-state index in [0.29, 0.717) is 0 Å². The van der Waals surface area contributed by atoms with Crippen LogP contribution in [0.25, 0.3) is 0 Å². The van der Waals surface area contributed by atoms with Gasteiger partial charge in [0.1, 0.15) is 0 Å². The summed E-state index contributed by atoms with van der Waals surface area (Å²) in [5.74, 6) is 0. The fourth-order valence-electron chi connectivity index (χ4n) is 2.48. The highest BCUT2D eigenvalue weighted by atomic mass is 16.5. The maximum Gasteiger partial charge on any atom is 0.0634 e. The summed E-state index contributed by atoms with van der Waals surface area (Å²) in [5.41, 5.74) is 7.91. The lowest BCUT2D eigenvalue weighted by Crippen LogP contribution is -2.47. The fourth-order valence-corrected chi connectivity index (χ4v) is 2.48. The molecule has 1 heterocycles. The van der Waals surface area contributed by atoms with Crippen LogP contribution in [0.15, 0.2) is 24.3 Å². The number of nitrogens with zero attached hydrogens (tertiary/aromatic N) is 2. The Hall–Kier alpha value is -1.26. The Balaban J connectivity index is 1.81. The molecule has 20 heavy (non-hydrogen) atoms. The van der Waals surface area contributed by atoms with E-state index in [1.165, 1.54) is 5.69 Å². The highest BCUT2D eigenvalue weighted by Crippen LogP contribution is 2.20. The van der Waals surface area contributed by atoms with Crippen LogP contribution in [0.4, 0.5) is 11.4 Å². The van der Waals surface area contributed by atoms with E-state index in [2.05, 4.69) is 35.8 Å². The molecule has 0 saturated carbocycles. The summed E-state index contributed by atoms with van der Waals surface area (Å²) in [7, 11) is 1.79. The van der Waals surface area contributed by atoms with Gasteiger partial charge in [-0.3, -0.25) is 4.90 Å². The van der Waals surface area contributed by atoms with Crippen LogP contribution in [0, 0.1) is 0 Å². The van der Waals surface area contributed by atoms with Crippen LogP contribution in [-0.2, 0) is 4.74 Å². The molecule has 1 aromatic carbocycles. The molecule has 0 amide bonds. The Labute approximate surface area is 122 Å². The zero-order valence-electron chi connectivity index (χ0n) is 12.9. The number of piperazine rings is 1. The predicted molar refractivity (Wildman–Crippen MR) is 85.2 cm³/mol. The quantitative estimate of drug-likeness (QED) is 0.838. The van der Waals surface area contributed by atoms with Crippen LogP contribution in [-0.4, -0.2) is 50.3 Å². The Morgan fingerprint density at radius 3 is 2.50 bits per heavy atom. The van der Waals surface area contributed by atoms with Crippen LogP contribution in [0.5, 0.6) is 0 Å². The molecular weight excluding hydrogens is 250 g/mol. The summed E-state index contributed by atoms with van der Waals surface area (Å²) in [5, 5.41) is 0. The minimum atomic E-state index is -0.0228. The third kappa shape index (κ3) is 4.12. The van der Waals surface area contributed by atoms with E-state index in [0.717, 1.165) is 44.8 Å². The topological polar surface area (TPSA) is 41.7 Å². The van der Waals surface area contributed by atoms with Crippen molar-refractivity contribution in [2.24, 2.45) is 0 Å². The molecule has 0 radical (unpaired) electrons. The van der Waals surface area contributed by atoms with Crippen molar-refractivity contribution in [1.82, 2.24) is 4.90 Å². The van der Waals surface area contributed by atoms with Gasteiger partial charge in [-0.05, 0) is 38.5 Å². The molecule has 2 rings (SSSR count). The molecule has 1 aliphatic heterocycles. The van der Waals surface area contributed by atoms with E-state index in [1.54, 1.807) is 7.11 Å². The van der Waals surface area contributed by atoms with E-state index in [1.807, 2.05) is 12.1 Å². The second kappa shape index (κ2) is 6.46. The predicted octanol–water partition coefficient (Wildman–Crippen LogP) is 2.21. The number of nitrogen functional groups attached to an aromatic ring is 1. The number of hydrogen-bond acceptors (Lipinski definition) is 4. The third-order valence-corrected chi connectivity index (χ3v) is 4.19. The minimum Gasteiger partial charge on any atom is -0.399 e. The molecular formula is C16H27N3O. The largest absolute Gasteiger partial charge is 0.399 e.